The summed E-state index contributed by atoms with van der Waals surface area (Å²) in [4.78, 5) is 0.748. The van der Waals surface area contributed by atoms with Crippen molar-refractivity contribution in [2.75, 3.05) is 6.61 Å². The Morgan fingerprint density at radius 3 is 2.92 bits per heavy atom. The van der Waals surface area contributed by atoms with Gasteiger partial charge in [0.2, 0.25) is 0 Å². The van der Waals surface area contributed by atoms with E-state index in [0.29, 0.717) is 12.4 Å². The number of hydrogen-bond acceptors (Lipinski definition) is 3. The summed E-state index contributed by atoms with van der Waals surface area (Å²) in [6, 6.07) is 4.29. The molecular weight excluding hydrogens is 177 g/mol. The molecule has 0 atom stereocenters. The van der Waals surface area contributed by atoms with Gasteiger partial charge in [0, 0.05) is 6.07 Å². The van der Waals surface area contributed by atoms with E-state index in [2.05, 4.69) is 0 Å². The Bertz CT molecular complexity index is 267. The van der Waals surface area contributed by atoms with Gasteiger partial charge in [-0.2, -0.15) is 0 Å². The van der Waals surface area contributed by atoms with E-state index in [0.717, 1.165) is 16.8 Å². The molecule has 2 N–H and O–H groups in total. The Balaban J connectivity index is 2.95. The lowest BCUT2D eigenvalue weighted by molar-refractivity contribution is 0.330. The lowest BCUT2D eigenvalue weighted by atomic mass is 10.3. The minimum Gasteiger partial charge on any atom is -0.493 e. The largest absolute Gasteiger partial charge is 0.493 e. The predicted molar refractivity (Wildman–Crippen MR) is 47.6 cm³/mol. The zero-order valence-electron chi connectivity index (χ0n) is 6.71. The number of ether oxygens (including phenoxy) is 1. The molecule has 0 aliphatic carbocycles. The highest BCUT2D eigenvalue weighted by Crippen LogP contribution is 2.26. The van der Waals surface area contributed by atoms with Gasteiger partial charge in [0.05, 0.1) is 11.5 Å². The average Bonchev–Trinajstić information content (AvgIpc) is 2.05. The molecule has 0 aliphatic heterocycles. The first kappa shape index (κ1) is 9.35. The first-order chi connectivity index (χ1) is 5.77. The van der Waals surface area contributed by atoms with E-state index < -0.39 is 0 Å². The van der Waals surface area contributed by atoms with E-state index in [1.165, 1.54) is 12.1 Å². The van der Waals surface area contributed by atoms with Crippen molar-refractivity contribution < 1.29 is 9.13 Å². The van der Waals surface area contributed by atoms with Gasteiger partial charge >= 0.3 is 0 Å². The Morgan fingerprint density at radius 1 is 1.58 bits per heavy atom. The van der Waals surface area contributed by atoms with Crippen molar-refractivity contribution in [2.45, 2.75) is 11.8 Å². The van der Waals surface area contributed by atoms with Crippen LogP contribution in [0.25, 0.3) is 0 Å². The zero-order chi connectivity index (χ0) is 8.97. The van der Waals surface area contributed by atoms with E-state index >= 15 is 0 Å². The van der Waals surface area contributed by atoms with E-state index in [9.17, 15) is 4.39 Å². The number of halogens is 1. The fourth-order valence-electron chi connectivity index (χ4n) is 0.848. The molecule has 0 amide bonds. The fourth-order valence-corrected chi connectivity index (χ4v) is 1.23. The van der Waals surface area contributed by atoms with Crippen LogP contribution in [0.2, 0.25) is 0 Å². The molecule has 0 unspecified atom stereocenters. The van der Waals surface area contributed by atoms with Crippen LogP contribution in [0.15, 0.2) is 23.1 Å². The predicted octanol–water partition coefficient (Wildman–Crippen LogP) is 2.19. The van der Waals surface area contributed by atoms with Crippen molar-refractivity contribution in [1.82, 2.24) is 0 Å². The molecule has 0 fully saturated rings. The van der Waals surface area contributed by atoms with Gasteiger partial charge in [-0.3, -0.25) is 5.14 Å². The summed E-state index contributed by atoms with van der Waals surface area (Å²) < 4.78 is 17.8. The number of rotatable bonds is 3. The molecule has 12 heavy (non-hydrogen) atoms. The van der Waals surface area contributed by atoms with Gasteiger partial charge in [-0.15, -0.1) is 0 Å². The first-order valence-electron chi connectivity index (χ1n) is 3.57. The third-order valence-corrected chi connectivity index (χ3v) is 1.92. The SMILES string of the molecule is CCOc1cc(F)ccc1SN. The van der Waals surface area contributed by atoms with Crippen LogP contribution in [-0.4, -0.2) is 6.61 Å². The molecule has 0 spiro atoms. The van der Waals surface area contributed by atoms with Gasteiger partial charge in [0.15, 0.2) is 0 Å². The molecule has 1 aromatic rings. The Kier molecular flexibility index (Phi) is 3.37. The van der Waals surface area contributed by atoms with Crippen LogP contribution in [0.3, 0.4) is 0 Å². The van der Waals surface area contributed by atoms with Crippen molar-refractivity contribution in [2.24, 2.45) is 5.14 Å². The topological polar surface area (TPSA) is 35.2 Å². The molecular formula is C8H10FNOS. The molecule has 0 aliphatic rings. The molecule has 0 saturated carbocycles. The highest BCUT2D eigenvalue weighted by atomic mass is 32.2. The van der Waals surface area contributed by atoms with Crippen molar-refractivity contribution in [3.8, 4) is 5.75 Å². The van der Waals surface area contributed by atoms with Gasteiger partial charge < -0.3 is 4.74 Å². The standard InChI is InChI=1S/C8H10FNOS/c1-2-11-7-5-6(9)3-4-8(7)12-10/h3-5H,2,10H2,1H3. The maximum atomic E-state index is 12.7. The third-order valence-electron chi connectivity index (χ3n) is 1.33. The second-order valence-electron chi connectivity index (χ2n) is 2.14. The summed E-state index contributed by atoms with van der Waals surface area (Å²) >= 11 is 1.05. The Morgan fingerprint density at radius 2 is 2.33 bits per heavy atom. The highest BCUT2D eigenvalue weighted by Gasteiger charge is 2.03. The third kappa shape index (κ3) is 2.12. The van der Waals surface area contributed by atoms with E-state index in [-0.39, 0.29) is 5.82 Å². The second kappa shape index (κ2) is 4.33. The number of benzene rings is 1. The molecule has 0 aromatic heterocycles. The van der Waals surface area contributed by atoms with E-state index in [4.69, 9.17) is 9.88 Å². The molecule has 66 valence electrons. The second-order valence-corrected chi connectivity index (χ2v) is 2.82. The summed E-state index contributed by atoms with van der Waals surface area (Å²) in [6.45, 7) is 2.35. The smallest absolute Gasteiger partial charge is 0.137 e. The summed E-state index contributed by atoms with van der Waals surface area (Å²) in [5.41, 5.74) is 0. The molecule has 0 heterocycles. The first-order valence-corrected chi connectivity index (χ1v) is 4.45. The summed E-state index contributed by atoms with van der Waals surface area (Å²) in [5.74, 6) is 0.196. The zero-order valence-corrected chi connectivity index (χ0v) is 7.53. The molecule has 1 rings (SSSR count). The Labute approximate surface area is 75.0 Å². The van der Waals surface area contributed by atoms with Crippen LogP contribution in [0.5, 0.6) is 5.75 Å². The Hall–Kier alpha value is -0.740. The van der Waals surface area contributed by atoms with Crippen molar-refractivity contribution in [1.29, 1.82) is 0 Å². The lowest BCUT2D eigenvalue weighted by Crippen LogP contribution is -1.95. The molecule has 0 radical (unpaired) electrons. The quantitative estimate of drug-likeness (QED) is 0.737. The average molecular weight is 187 g/mol. The maximum absolute atomic E-state index is 12.7. The van der Waals surface area contributed by atoms with Crippen molar-refractivity contribution in [3.05, 3.63) is 24.0 Å². The minimum absolute atomic E-state index is 0.309. The summed E-state index contributed by atoms with van der Waals surface area (Å²) in [6.07, 6.45) is 0. The molecule has 2 nitrogen and oxygen atoms in total. The van der Waals surface area contributed by atoms with Gasteiger partial charge in [0.1, 0.15) is 11.6 Å². The van der Waals surface area contributed by atoms with Crippen LogP contribution in [0, 0.1) is 5.82 Å². The van der Waals surface area contributed by atoms with Crippen LogP contribution in [0.4, 0.5) is 4.39 Å². The monoisotopic (exact) mass is 187 g/mol. The fraction of sp³-hybridized carbons (Fsp3) is 0.250. The van der Waals surface area contributed by atoms with Gasteiger partial charge in [-0.05, 0) is 31.0 Å². The van der Waals surface area contributed by atoms with E-state index in [1.807, 2.05) is 6.92 Å². The molecule has 4 heteroatoms. The van der Waals surface area contributed by atoms with E-state index in [1.54, 1.807) is 6.07 Å². The number of nitrogens with two attached hydrogens (primary N) is 1. The maximum Gasteiger partial charge on any atom is 0.137 e. The summed E-state index contributed by atoms with van der Waals surface area (Å²) in [5, 5.41) is 5.35. The molecule has 0 saturated heterocycles. The molecule has 0 bridgehead atoms. The normalized spacial score (nSPS) is 9.92. The number of hydrogen-bond donors (Lipinski definition) is 1. The van der Waals surface area contributed by atoms with Crippen LogP contribution < -0.4 is 9.88 Å². The van der Waals surface area contributed by atoms with Gasteiger partial charge in [0.25, 0.3) is 0 Å². The lowest BCUT2D eigenvalue weighted by Gasteiger charge is -2.06. The minimum atomic E-state index is -0.309. The summed E-state index contributed by atoms with van der Waals surface area (Å²) in [7, 11) is 0. The van der Waals surface area contributed by atoms with Crippen molar-refractivity contribution in [3.63, 3.8) is 0 Å². The van der Waals surface area contributed by atoms with Gasteiger partial charge in [-0.25, -0.2) is 4.39 Å². The highest BCUT2D eigenvalue weighted by molar-refractivity contribution is 7.97. The van der Waals surface area contributed by atoms with Crippen molar-refractivity contribution >= 4 is 11.9 Å². The molecule has 1 aromatic carbocycles. The van der Waals surface area contributed by atoms with Crippen LogP contribution in [-0.2, 0) is 0 Å². The van der Waals surface area contributed by atoms with Crippen LogP contribution in [0.1, 0.15) is 6.92 Å². The van der Waals surface area contributed by atoms with Gasteiger partial charge in [-0.1, -0.05) is 0 Å². The van der Waals surface area contributed by atoms with Crippen LogP contribution >= 0.6 is 11.9 Å².